The summed E-state index contributed by atoms with van der Waals surface area (Å²) in [5.41, 5.74) is 11.1. The average molecular weight is 451 g/mol. The molecule has 2 heterocycles. The minimum atomic E-state index is 1.19. The molecule has 0 amide bonds. The third kappa shape index (κ3) is 2.96. The van der Waals surface area contributed by atoms with Gasteiger partial charge in [-0.3, -0.25) is 0 Å². The fourth-order valence-electron chi connectivity index (χ4n) is 5.73. The highest BCUT2D eigenvalue weighted by atomic mass is 15.0. The molecule has 168 valence electrons. The molecule has 0 radical (unpaired) electrons. The summed E-state index contributed by atoms with van der Waals surface area (Å²) in [5, 5.41) is 5.19. The quantitative estimate of drug-likeness (QED) is 0.249. The van der Waals surface area contributed by atoms with Crippen LogP contribution in [-0.2, 0) is 0 Å². The number of hydrogen-bond acceptors (Lipinski definition) is 0. The fourth-order valence-corrected chi connectivity index (χ4v) is 5.73. The molecule has 0 spiro atoms. The highest BCUT2D eigenvalue weighted by Crippen LogP contribution is 2.36. The van der Waals surface area contributed by atoms with E-state index in [-0.39, 0.29) is 0 Å². The zero-order chi connectivity index (χ0) is 23.7. The van der Waals surface area contributed by atoms with Crippen LogP contribution >= 0.6 is 0 Å². The first-order valence-corrected chi connectivity index (χ1v) is 12.2. The first-order valence-electron chi connectivity index (χ1n) is 12.2. The van der Waals surface area contributed by atoms with Crippen molar-refractivity contribution in [3.05, 3.63) is 120 Å². The average Bonchev–Trinajstić information content (AvgIpc) is 3.36. The van der Waals surface area contributed by atoms with Gasteiger partial charge in [0.2, 0.25) is 0 Å². The van der Waals surface area contributed by atoms with Crippen LogP contribution in [0.15, 0.2) is 103 Å². The molecule has 0 saturated heterocycles. The molecule has 35 heavy (non-hydrogen) atoms. The molecule has 7 aromatic rings. The van der Waals surface area contributed by atoms with Crippen LogP contribution in [0.5, 0.6) is 0 Å². The minimum Gasteiger partial charge on any atom is -0.309 e. The van der Waals surface area contributed by atoms with Crippen molar-refractivity contribution in [3.63, 3.8) is 0 Å². The van der Waals surface area contributed by atoms with Crippen molar-refractivity contribution in [3.8, 4) is 11.4 Å². The standard InChI is InChI=1S/C33H26N2/c1-21-12-14-32-28(18-21)26-8-4-6-10-30(26)34(32)24-16-23(3)17-25(20-24)35-31-11-7-5-9-27(31)29-19-22(2)13-15-33(29)35/h4-20H,1-3H3. The number of para-hydroxylation sites is 2. The Labute approximate surface area is 204 Å². The van der Waals surface area contributed by atoms with E-state index in [1.54, 1.807) is 0 Å². The van der Waals surface area contributed by atoms with Gasteiger partial charge in [-0.2, -0.15) is 0 Å². The maximum atomic E-state index is 2.42. The van der Waals surface area contributed by atoms with Crippen LogP contribution in [0, 0.1) is 20.8 Å². The molecule has 0 aliphatic heterocycles. The molecule has 2 heteroatoms. The van der Waals surface area contributed by atoms with Gasteiger partial charge >= 0.3 is 0 Å². The van der Waals surface area contributed by atoms with Crippen LogP contribution in [0.25, 0.3) is 55.0 Å². The summed E-state index contributed by atoms with van der Waals surface area (Å²) < 4.78 is 4.83. The number of fused-ring (bicyclic) bond motifs is 6. The maximum absolute atomic E-state index is 2.42. The zero-order valence-corrected chi connectivity index (χ0v) is 20.2. The molecule has 0 N–H and O–H groups in total. The zero-order valence-electron chi connectivity index (χ0n) is 20.2. The lowest BCUT2D eigenvalue weighted by Crippen LogP contribution is -2.00. The van der Waals surface area contributed by atoms with Crippen LogP contribution in [-0.4, -0.2) is 9.13 Å². The Kier molecular flexibility index (Phi) is 4.22. The molecule has 2 aromatic heterocycles. The molecule has 0 fully saturated rings. The van der Waals surface area contributed by atoms with Gasteiger partial charge in [0.05, 0.1) is 22.1 Å². The maximum Gasteiger partial charge on any atom is 0.0541 e. The lowest BCUT2D eigenvalue weighted by atomic mass is 10.1. The van der Waals surface area contributed by atoms with Gasteiger partial charge in [-0.05, 0) is 80.9 Å². The van der Waals surface area contributed by atoms with Crippen molar-refractivity contribution >= 4 is 43.6 Å². The highest BCUT2D eigenvalue weighted by molar-refractivity contribution is 6.10. The van der Waals surface area contributed by atoms with E-state index in [9.17, 15) is 0 Å². The van der Waals surface area contributed by atoms with E-state index < -0.39 is 0 Å². The molecule has 0 unspecified atom stereocenters. The second kappa shape index (κ2) is 7.35. The van der Waals surface area contributed by atoms with Crippen molar-refractivity contribution < 1.29 is 0 Å². The first-order chi connectivity index (χ1) is 17.1. The smallest absolute Gasteiger partial charge is 0.0541 e. The monoisotopic (exact) mass is 450 g/mol. The number of hydrogen-bond donors (Lipinski definition) is 0. The molecule has 7 rings (SSSR count). The molecule has 0 atom stereocenters. The van der Waals surface area contributed by atoms with E-state index in [4.69, 9.17) is 0 Å². The number of rotatable bonds is 2. The van der Waals surface area contributed by atoms with Gasteiger partial charge < -0.3 is 9.13 Å². The normalized spacial score (nSPS) is 11.9. The largest absolute Gasteiger partial charge is 0.309 e. The SMILES string of the molecule is Cc1cc(-n2c3ccccc3c3cc(C)ccc32)cc(-n2c3ccccc3c3cc(C)ccc32)c1. The lowest BCUT2D eigenvalue weighted by molar-refractivity contribution is 1.12. The Morgan fingerprint density at radius 2 is 0.800 bits per heavy atom. The van der Waals surface area contributed by atoms with E-state index in [0.29, 0.717) is 0 Å². The van der Waals surface area contributed by atoms with E-state index in [0.717, 1.165) is 0 Å². The molecule has 2 nitrogen and oxygen atoms in total. The second-order valence-electron chi connectivity index (χ2n) is 9.77. The summed E-state index contributed by atoms with van der Waals surface area (Å²) >= 11 is 0. The van der Waals surface area contributed by atoms with Crippen molar-refractivity contribution in [1.29, 1.82) is 0 Å². The van der Waals surface area contributed by atoms with Crippen LogP contribution in [0.2, 0.25) is 0 Å². The summed E-state index contributed by atoms with van der Waals surface area (Å²) in [4.78, 5) is 0. The summed E-state index contributed by atoms with van der Waals surface area (Å²) in [5.74, 6) is 0. The van der Waals surface area contributed by atoms with E-state index in [1.165, 1.54) is 71.7 Å². The summed E-state index contributed by atoms with van der Waals surface area (Å²) in [6.07, 6.45) is 0. The van der Waals surface area contributed by atoms with E-state index in [1.807, 2.05) is 0 Å². The van der Waals surface area contributed by atoms with E-state index in [2.05, 4.69) is 133 Å². The van der Waals surface area contributed by atoms with Crippen LogP contribution in [0.1, 0.15) is 16.7 Å². The Balaban J connectivity index is 1.57. The van der Waals surface area contributed by atoms with Gasteiger partial charge in [0.25, 0.3) is 0 Å². The van der Waals surface area contributed by atoms with Gasteiger partial charge in [-0.25, -0.2) is 0 Å². The Bertz CT molecular complexity index is 1790. The molecule has 0 saturated carbocycles. The molecule has 0 aliphatic rings. The third-order valence-corrected chi connectivity index (χ3v) is 7.22. The van der Waals surface area contributed by atoms with Crippen LogP contribution in [0.3, 0.4) is 0 Å². The number of nitrogens with zero attached hydrogens (tertiary/aromatic N) is 2. The van der Waals surface area contributed by atoms with Crippen LogP contribution < -0.4 is 0 Å². The van der Waals surface area contributed by atoms with Gasteiger partial charge in [0, 0.05) is 32.9 Å². The fraction of sp³-hybridized carbons (Fsp3) is 0.0909. The van der Waals surface area contributed by atoms with Crippen molar-refractivity contribution in [2.45, 2.75) is 20.8 Å². The van der Waals surface area contributed by atoms with Gasteiger partial charge in [-0.1, -0.05) is 59.7 Å². The summed E-state index contributed by atoms with van der Waals surface area (Å²) in [6.45, 7) is 6.53. The molecule has 0 aliphatic carbocycles. The first kappa shape index (κ1) is 20.1. The predicted molar refractivity (Wildman–Crippen MR) is 149 cm³/mol. The van der Waals surface area contributed by atoms with Gasteiger partial charge in [-0.15, -0.1) is 0 Å². The topological polar surface area (TPSA) is 9.86 Å². The third-order valence-electron chi connectivity index (χ3n) is 7.22. The highest BCUT2D eigenvalue weighted by Gasteiger charge is 2.16. The summed E-state index contributed by atoms with van der Waals surface area (Å²) in [7, 11) is 0. The molecule has 5 aromatic carbocycles. The Morgan fingerprint density at radius 3 is 1.29 bits per heavy atom. The molecular weight excluding hydrogens is 424 g/mol. The van der Waals surface area contributed by atoms with Crippen molar-refractivity contribution in [2.24, 2.45) is 0 Å². The van der Waals surface area contributed by atoms with Gasteiger partial charge in [0.15, 0.2) is 0 Å². The van der Waals surface area contributed by atoms with Crippen molar-refractivity contribution in [2.75, 3.05) is 0 Å². The molecular formula is C33H26N2. The molecule has 0 bridgehead atoms. The summed E-state index contributed by atoms with van der Waals surface area (Å²) in [6, 6.07) is 38.0. The number of aryl methyl sites for hydroxylation is 3. The number of benzene rings is 5. The minimum absolute atomic E-state index is 1.19. The van der Waals surface area contributed by atoms with Gasteiger partial charge in [0.1, 0.15) is 0 Å². The van der Waals surface area contributed by atoms with Crippen LogP contribution in [0.4, 0.5) is 0 Å². The Hall–Kier alpha value is -4.30. The lowest BCUT2D eigenvalue weighted by Gasteiger charge is -2.14. The van der Waals surface area contributed by atoms with Crippen molar-refractivity contribution in [1.82, 2.24) is 9.13 Å². The predicted octanol–water partition coefficient (Wildman–Crippen LogP) is 8.81. The van der Waals surface area contributed by atoms with E-state index >= 15 is 0 Å². The Morgan fingerprint density at radius 1 is 0.371 bits per heavy atom. The second-order valence-corrected chi connectivity index (χ2v) is 9.77. The number of aromatic nitrogens is 2.